The number of fused-ring (bicyclic) bond motifs is 1. The standard InChI is InChI=1S/C19H19FN4O3/c1-12-8-17(22-27-12)19(26)23-6-4-13(5-7-23)10-24-11-21-16-9-14(20)2-3-15(16)18(24)25/h2-3,8-9,11,13H,4-7,10H2,1H3. The van der Waals surface area contributed by atoms with E-state index in [-0.39, 0.29) is 17.4 Å². The molecule has 1 fully saturated rings. The van der Waals surface area contributed by atoms with E-state index in [0.717, 1.165) is 12.8 Å². The second-order valence-electron chi connectivity index (χ2n) is 6.92. The number of rotatable bonds is 3. The van der Waals surface area contributed by atoms with Gasteiger partial charge in [-0.05, 0) is 37.8 Å². The molecule has 1 amide bonds. The van der Waals surface area contributed by atoms with Gasteiger partial charge in [0.05, 0.1) is 17.2 Å². The highest BCUT2D eigenvalue weighted by Gasteiger charge is 2.26. The third-order valence-corrected chi connectivity index (χ3v) is 4.99. The van der Waals surface area contributed by atoms with Crippen LogP contribution in [0.2, 0.25) is 0 Å². The summed E-state index contributed by atoms with van der Waals surface area (Å²) >= 11 is 0. The number of benzene rings is 1. The summed E-state index contributed by atoms with van der Waals surface area (Å²) in [5, 5.41) is 4.19. The molecule has 140 valence electrons. The molecule has 3 aromatic rings. The molecule has 1 aliphatic heterocycles. The Bertz CT molecular complexity index is 1050. The zero-order valence-corrected chi connectivity index (χ0v) is 14.9. The van der Waals surface area contributed by atoms with Crippen LogP contribution in [0.4, 0.5) is 4.39 Å². The number of carbonyl (C=O) groups excluding carboxylic acids is 1. The van der Waals surface area contributed by atoms with Crippen molar-refractivity contribution in [1.82, 2.24) is 19.6 Å². The van der Waals surface area contributed by atoms with Gasteiger partial charge in [0.25, 0.3) is 11.5 Å². The first-order valence-electron chi connectivity index (χ1n) is 8.88. The summed E-state index contributed by atoms with van der Waals surface area (Å²) in [7, 11) is 0. The minimum absolute atomic E-state index is 0.128. The van der Waals surface area contributed by atoms with Crippen LogP contribution in [0.5, 0.6) is 0 Å². The fraction of sp³-hybridized carbons (Fsp3) is 0.368. The van der Waals surface area contributed by atoms with Gasteiger partial charge >= 0.3 is 0 Å². The first-order chi connectivity index (χ1) is 13.0. The third-order valence-electron chi connectivity index (χ3n) is 4.99. The molecule has 0 bridgehead atoms. The number of halogens is 1. The molecule has 1 saturated heterocycles. The lowest BCUT2D eigenvalue weighted by Crippen LogP contribution is -2.40. The van der Waals surface area contributed by atoms with E-state index in [1.54, 1.807) is 22.5 Å². The molecule has 7 nitrogen and oxygen atoms in total. The first-order valence-corrected chi connectivity index (χ1v) is 8.88. The van der Waals surface area contributed by atoms with Gasteiger partial charge in [-0.1, -0.05) is 5.16 Å². The third kappa shape index (κ3) is 3.47. The highest BCUT2D eigenvalue weighted by atomic mass is 19.1. The van der Waals surface area contributed by atoms with Crippen LogP contribution in [0.25, 0.3) is 10.9 Å². The maximum atomic E-state index is 13.3. The molecule has 27 heavy (non-hydrogen) atoms. The van der Waals surface area contributed by atoms with Crippen molar-refractivity contribution in [2.45, 2.75) is 26.3 Å². The van der Waals surface area contributed by atoms with E-state index in [2.05, 4.69) is 10.1 Å². The van der Waals surface area contributed by atoms with Crippen molar-refractivity contribution < 1.29 is 13.7 Å². The zero-order chi connectivity index (χ0) is 19.0. The second kappa shape index (κ2) is 6.94. The maximum absolute atomic E-state index is 13.3. The Morgan fingerprint density at radius 3 is 2.78 bits per heavy atom. The van der Waals surface area contributed by atoms with E-state index < -0.39 is 5.82 Å². The Balaban J connectivity index is 1.43. The van der Waals surface area contributed by atoms with Gasteiger partial charge < -0.3 is 9.42 Å². The summed E-state index contributed by atoms with van der Waals surface area (Å²) in [6.45, 7) is 3.50. The predicted molar refractivity (Wildman–Crippen MR) is 95.8 cm³/mol. The number of carbonyl (C=O) groups is 1. The van der Waals surface area contributed by atoms with Crippen molar-refractivity contribution in [2.75, 3.05) is 13.1 Å². The molecule has 1 aliphatic rings. The van der Waals surface area contributed by atoms with Crippen molar-refractivity contribution in [3.8, 4) is 0 Å². The number of amides is 1. The smallest absolute Gasteiger partial charge is 0.276 e. The van der Waals surface area contributed by atoms with E-state index in [1.807, 2.05) is 0 Å². The number of likely N-dealkylation sites (tertiary alicyclic amines) is 1. The summed E-state index contributed by atoms with van der Waals surface area (Å²) in [6, 6.07) is 5.64. The van der Waals surface area contributed by atoms with E-state index in [1.165, 1.54) is 24.5 Å². The number of piperidine rings is 1. The van der Waals surface area contributed by atoms with Crippen LogP contribution in [-0.4, -0.2) is 38.6 Å². The Labute approximate surface area is 154 Å². The molecule has 1 aromatic carbocycles. The topological polar surface area (TPSA) is 81.2 Å². The SMILES string of the molecule is Cc1cc(C(=O)N2CCC(Cn3cnc4cc(F)ccc4c3=O)CC2)no1. The average Bonchev–Trinajstić information content (AvgIpc) is 3.10. The molecule has 0 atom stereocenters. The number of aromatic nitrogens is 3. The first kappa shape index (κ1) is 17.4. The Morgan fingerprint density at radius 2 is 2.07 bits per heavy atom. The molecule has 0 spiro atoms. The van der Waals surface area contributed by atoms with Gasteiger partial charge in [-0.3, -0.25) is 14.2 Å². The van der Waals surface area contributed by atoms with Gasteiger partial charge in [0.2, 0.25) is 0 Å². The normalized spacial score (nSPS) is 15.4. The van der Waals surface area contributed by atoms with Crippen molar-refractivity contribution >= 4 is 16.8 Å². The summed E-state index contributed by atoms with van der Waals surface area (Å²) in [5.41, 5.74) is 0.518. The largest absolute Gasteiger partial charge is 0.361 e. The van der Waals surface area contributed by atoms with Gasteiger partial charge in [-0.25, -0.2) is 9.37 Å². The van der Waals surface area contributed by atoms with E-state index >= 15 is 0 Å². The van der Waals surface area contributed by atoms with Gasteiger partial charge in [-0.15, -0.1) is 0 Å². The van der Waals surface area contributed by atoms with Crippen LogP contribution in [-0.2, 0) is 6.54 Å². The molecule has 0 unspecified atom stereocenters. The molecule has 0 saturated carbocycles. The average molecular weight is 370 g/mol. The monoisotopic (exact) mass is 370 g/mol. The highest BCUT2D eigenvalue weighted by molar-refractivity contribution is 5.92. The second-order valence-corrected chi connectivity index (χ2v) is 6.92. The van der Waals surface area contributed by atoms with E-state index in [0.29, 0.717) is 42.0 Å². The molecule has 0 radical (unpaired) electrons. The number of hydrogen-bond donors (Lipinski definition) is 0. The lowest BCUT2D eigenvalue weighted by molar-refractivity contribution is 0.0672. The van der Waals surface area contributed by atoms with Crippen molar-refractivity contribution in [3.05, 3.63) is 58.2 Å². The van der Waals surface area contributed by atoms with Crippen molar-refractivity contribution in [2.24, 2.45) is 5.92 Å². The number of nitrogens with zero attached hydrogens (tertiary/aromatic N) is 4. The van der Waals surface area contributed by atoms with Crippen LogP contribution >= 0.6 is 0 Å². The van der Waals surface area contributed by atoms with Crippen LogP contribution in [0, 0.1) is 18.7 Å². The van der Waals surface area contributed by atoms with Crippen molar-refractivity contribution in [3.63, 3.8) is 0 Å². The van der Waals surface area contributed by atoms with Crippen LogP contribution in [0.15, 0.2) is 39.9 Å². The highest BCUT2D eigenvalue weighted by Crippen LogP contribution is 2.20. The molecular formula is C19H19FN4O3. The minimum Gasteiger partial charge on any atom is -0.361 e. The molecule has 3 heterocycles. The van der Waals surface area contributed by atoms with E-state index in [9.17, 15) is 14.0 Å². The Hall–Kier alpha value is -3.03. The minimum atomic E-state index is -0.411. The molecular weight excluding hydrogens is 351 g/mol. The Morgan fingerprint density at radius 1 is 1.30 bits per heavy atom. The molecule has 2 aromatic heterocycles. The lowest BCUT2D eigenvalue weighted by Gasteiger charge is -2.31. The summed E-state index contributed by atoms with van der Waals surface area (Å²) in [4.78, 5) is 31.0. The number of aryl methyl sites for hydroxylation is 1. The van der Waals surface area contributed by atoms with Gasteiger partial charge in [-0.2, -0.15) is 0 Å². The lowest BCUT2D eigenvalue weighted by atomic mass is 9.96. The number of hydrogen-bond acceptors (Lipinski definition) is 5. The van der Waals surface area contributed by atoms with Crippen LogP contribution in [0.1, 0.15) is 29.1 Å². The van der Waals surface area contributed by atoms with Crippen LogP contribution < -0.4 is 5.56 Å². The predicted octanol–water partition coefficient (Wildman–Crippen LogP) is 2.38. The van der Waals surface area contributed by atoms with Gasteiger partial charge in [0.1, 0.15) is 11.6 Å². The summed E-state index contributed by atoms with van der Waals surface area (Å²) in [6.07, 6.45) is 3.05. The fourth-order valence-electron chi connectivity index (χ4n) is 3.49. The molecule has 0 N–H and O–H groups in total. The molecule has 8 heteroatoms. The Kier molecular flexibility index (Phi) is 4.47. The quantitative estimate of drug-likeness (QED) is 0.707. The van der Waals surface area contributed by atoms with E-state index in [4.69, 9.17) is 4.52 Å². The van der Waals surface area contributed by atoms with Gasteiger partial charge in [0.15, 0.2) is 5.69 Å². The molecule has 4 rings (SSSR count). The fourth-order valence-corrected chi connectivity index (χ4v) is 3.49. The maximum Gasteiger partial charge on any atom is 0.276 e. The van der Waals surface area contributed by atoms with Gasteiger partial charge in [0, 0.05) is 31.8 Å². The summed E-state index contributed by atoms with van der Waals surface area (Å²) in [5.74, 6) is 0.338. The van der Waals surface area contributed by atoms with Crippen molar-refractivity contribution in [1.29, 1.82) is 0 Å². The summed E-state index contributed by atoms with van der Waals surface area (Å²) < 4.78 is 19.8. The molecule has 0 aliphatic carbocycles. The van der Waals surface area contributed by atoms with Crippen LogP contribution in [0.3, 0.4) is 0 Å². The zero-order valence-electron chi connectivity index (χ0n) is 14.9.